The standard InChI is InChI=1S/C24H35N3O3/c1-4-30-21-7-5-17(6-8-21)15-27(3)16(2)22(28)25-23(29)26-24-12-18-9-19(13-24)11-20(10-18)14-24/h5-8,16,18-20H,4,9-15H2,1-3H3,(H2,25,26,28,29)/p+1/t16-,18?,19?,20?,24?/m0/s1. The van der Waals surface area contributed by atoms with Crippen LogP contribution in [0, 0.1) is 17.8 Å². The van der Waals surface area contributed by atoms with Crippen LogP contribution in [0.2, 0.25) is 0 Å². The van der Waals surface area contributed by atoms with Crippen molar-refractivity contribution in [3.05, 3.63) is 29.8 Å². The fraction of sp³-hybridized carbons (Fsp3) is 0.667. The van der Waals surface area contributed by atoms with Crippen LogP contribution < -0.4 is 20.3 Å². The highest BCUT2D eigenvalue weighted by atomic mass is 16.5. The number of ether oxygens (including phenoxy) is 1. The number of amides is 3. The summed E-state index contributed by atoms with van der Waals surface area (Å²) >= 11 is 0. The second kappa shape index (κ2) is 8.58. The molecule has 4 bridgehead atoms. The van der Waals surface area contributed by atoms with Gasteiger partial charge in [0.1, 0.15) is 12.3 Å². The Morgan fingerprint density at radius 1 is 1.10 bits per heavy atom. The number of carbonyl (C=O) groups is 2. The Morgan fingerprint density at radius 3 is 2.20 bits per heavy atom. The van der Waals surface area contributed by atoms with Crippen molar-refractivity contribution >= 4 is 11.9 Å². The van der Waals surface area contributed by atoms with Gasteiger partial charge in [-0.3, -0.25) is 10.1 Å². The van der Waals surface area contributed by atoms with Crippen molar-refractivity contribution in [1.29, 1.82) is 0 Å². The maximum atomic E-state index is 12.7. The summed E-state index contributed by atoms with van der Waals surface area (Å²) in [7, 11) is 1.98. The Hall–Kier alpha value is -2.08. The zero-order chi connectivity index (χ0) is 21.3. The first-order valence-corrected chi connectivity index (χ1v) is 11.5. The Morgan fingerprint density at radius 2 is 1.67 bits per heavy atom. The number of quaternary nitrogens is 1. The van der Waals surface area contributed by atoms with Crippen molar-refractivity contribution in [2.75, 3.05) is 13.7 Å². The van der Waals surface area contributed by atoms with Crippen molar-refractivity contribution in [2.45, 2.75) is 70.5 Å². The van der Waals surface area contributed by atoms with Gasteiger partial charge in [0.15, 0.2) is 6.04 Å². The highest BCUT2D eigenvalue weighted by Crippen LogP contribution is 2.55. The Bertz CT molecular complexity index is 741. The van der Waals surface area contributed by atoms with E-state index >= 15 is 0 Å². The predicted molar refractivity (Wildman–Crippen MR) is 115 cm³/mol. The van der Waals surface area contributed by atoms with E-state index in [4.69, 9.17) is 4.74 Å². The summed E-state index contributed by atoms with van der Waals surface area (Å²) in [6, 6.07) is 7.32. The molecule has 3 N–H and O–H groups in total. The SMILES string of the molecule is CCOc1ccc(C[NH+](C)[C@@H](C)C(=O)NC(=O)NC23CC4CC(CC(C4)C2)C3)cc1. The van der Waals surface area contributed by atoms with Gasteiger partial charge < -0.3 is 15.0 Å². The van der Waals surface area contributed by atoms with E-state index < -0.39 is 0 Å². The zero-order valence-corrected chi connectivity index (χ0v) is 18.5. The molecular weight excluding hydrogens is 378 g/mol. The van der Waals surface area contributed by atoms with E-state index in [9.17, 15) is 9.59 Å². The molecule has 0 spiro atoms. The molecule has 0 heterocycles. The number of imide groups is 1. The molecule has 3 amide bonds. The van der Waals surface area contributed by atoms with E-state index in [1.54, 1.807) is 0 Å². The lowest BCUT2D eigenvalue weighted by atomic mass is 9.53. The van der Waals surface area contributed by atoms with Crippen LogP contribution in [0.25, 0.3) is 0 Å². The zero-order valence-electron chi connectivity index (χ0n) is 18.5. The normalized spacial score (nSPS) is 31.1. The average molecular weight is 415 g/mol. The second-order valence-corrected chi connectivity index (χ2v) is 9.96. The van der Waals surface area contributed by atoms with Crippen molar-refractivity contribution in [2.24, 2.45) is 17.8 Å². The van der Waals surface area contributed by atoms with E-state index in [0.29, 0.717) is 13.2 Å². The largest absolute Gasteiger partial charge is 0.494 e. The fourth-order valence-electron chi connectivity index (χ4n) is 6.33. The molecule has 4 saturated carbocycles. The van der Waals surface area contributed by atoms with Crippen LogP contribution >= 0.6 is 0 Å². The molecule has 2 atom stereocenters. The number of rotatable bonds is 7. The summed E-state index contributed by atoms with van der Waals surface area (Å²) in [5.74, 6) is 2.91. The third kappa shape index (κ3) is 4.64. The summed E-state index contributed by atoms with van der Waals surface area (Å²) in [5.41, 5.74) is 1.05. The number of carbonyl (C=O) groups excluding carboxylic acids is 2. The summed E-state index contributed by atoms with van der Waals surface area (Å²) in [5, 5.41) is 5.84. The summed E-state index contributed by atoms with van der Waals surface area (Å²) < 4.78 is 5.48. The highest BCUT2D eigenvalue weighted by molar-refractivity contribution is 5.96. The maximum Gasteiger partial charge on any atom is 0.322 e. The van der Waals surface area contributed by atoms with Gasteiger partial charge in [-0.25, -0.2) is 4.79 Å². The summed E-state index contributed by atoms with van der Waals surface area (Å²) in [6.07, 6.45) is 7.24. The molecule has 1 aromatic rings. The molecule has 4 fully saturated rings. The third-order valence-corrected chi connectivity index (χ3v) is 7.50. The van der Waals surface area contributed by atoms with Crippen LogP contribution in [0.15, 0.2) is 24.3 Å². The third-order valence-electron chi connectivity index (χ3n) is 7.50. The summed E-state index contributed by atoms with van der Waals surface area (Å²) in [6.45, 7) is 5.19. The molecule has 0 aliphatic heterocycles. The topological polar surface area (TPSA) is 71.9 Å². The van der Waals surface area contributed by atoms with Gasteiger partial charge in [0.2, 0.25) is 0 Å². The van der Waals surface area contributed by atoms with Crippen LogP contribution in [0.3, 0.4) is 0 Å². The van der Waals surface area contributed by atoms with Crippen molar-refractivity contribution in [3.8, 4) is 5.75 Å². The molecule has 1 unspecified atom stereocenters. The molecule has 0 radical (unpaired) electrons. The van der Waals surface area contributed by atoms with Gasteiger partial charge in [0.05, 0.1) is 13.7 Å². The van der Waals surface area contributed by atoms with E-state index in [1.807, 2.05) is 45.2 Å². The lowest BCUT2D eigenvalue weighted by molar-refractivity contribution is -0.908. The van der Waals surface area contributed by atoms with Crippen LogP contribution in [0.1, 0.15) is 57.9 Å². The molecule has 0 saturated heterocycles. The van der Waals surface area contributed by atoms with Gasteiger partial charge in [-0.2, -0.15) is 0 Å². The molecule has 0 aromatic heterocycles. The molecular formula is C24H36N3O3+. The molecule has 6 heteroatoms. The number of hydrogen-bond acceptors (Lipinski definition) is 3. The molecule has 164 valence electrons. The van der Waals surface area contributed by atoms with Crippen molar-refractivity contribution in [1.82, 2.24) is 10.6 Å². The fourth-order valence-corrected chi connectivity index (χ4v) is 6.33. The molecule has 4 aliphatic carbocycles. The average Bonchev–Trinajstić information content (AvgIpc) is 2.67. The second-order valence-electron chi connectivity index (χ2n) is 9.96. The Balaban J connectivity index is 1.28. The quantitative estimate of drug-likeness (QED) is 0.641. The van der Waals surface area contributed by atoms with Gasteiger partial charge in [-0.15, -0.1) is 0 Å². The molecule has 5 rings (SSSR count). The van der Waals surface area contributed by atoms with E-state index in [0.717, 1.165) is 53.2 Å². The first-order valence-electron chi connectivity index (χ1n) is 11.5. The van der Waals surface area contributed by atoms with Gasteiger partial charge >= 0.3 is 6.03 Å². The minimum absolute atomic E-state index is 0.0799. The van der Waals surface area contributed by atoms with Gasteiger partial charge in [0, 0.05) is 11.1 Å². The first-order chi connectivity index (χ1) is 14.4. The first kappa shape index (κ1) is 21.2. The van der Waals surface area contributed by atoms with E-state index in [2.05, 4.69) is 10.6 Å². The number of benzene rings is 1. The Kier molecular flexibility index (Phi) is 6.05. The van der Waals surface area contributed by atoms with Gasteiger partial charge in [-0.1, -0.05) is 0 Å². The molecule has 6 nitrogen and oxygen atoms in total. The van der Waals surface area contributed by atoms with Crippen LogP contribution in [-0.4, -0.2) is 37.2 Å². The Labute approximate surface area is 179 Å². The number of urea groups is 1. The van der Waals surface area contributed by atoms with Crippen molar-refractivity contribution < 1.29 is 19.2 Å². The molecule has 1 aromatic carbocycles. The van der Waals surface area contributed by atoms with Crippen LogP contribution in [0.4, 0.5) is 4.79 Å². The molecule has 30 heavy (non-hydrogen) atoms. The lowest BCUT2D eigenvalue weighted by Crippen LogP contribution is -3.12. The molecule has 4 aliphatic rings. The number of hydrogen-bond donors (Lipinski definition) is 3. The monoisotopic (exact) mass is 414 g/mol. The smallest absolute Gasteiger partial charge is 0.322 e. The lowest BCUT2D eigenvalue weighted by Gasteiger charge is -2.56. The van der Waals surface area contributed by atoms with Crippen LogP contribution in [-0.2, 0) is 11.3 Å². The van der Waals surface area contributed by atoms with Gasteiger partial charge in [0.25, 0.3) is 5.91 Å². The van der Waals surface area contributed by atoms with Crippen molar-refractivity contribution in [3.63, 3.8) is 0 Å². The van der Waals surface area contributed by atoms with E-state index in [-0.39, 0.29) is 23.5 Å². The van der Waals surface area contributed by atoms with Crippen LogP contribution in [0.5, 0.6) is 5.75 Å². The highest BCUT2D eigenvalue weighted by Gasteiger charge is 2.51. The number of nitrogens with one attached hydrogen (secondary N) is 3. The maximum absolute atomic E-state index is 12.7. The van der Waals surface area contributed by atoms with E-state index in [1.165, 1.54) is 19.3 Å². The summed E-state index contributed by atoms with van der Waals surface area (Å²) in [4.78, 5) is 26.4. The van der Waals surface area contributed by atoms with Gasteiger partial charge in [-0.05, 0) is 94.4 Å². The predicted octanol–water partition coefficient (Wildman–Crippen LogP) is 2.28. The minimum Gasteiger partial charge on any atom is -0.494 e. The number of likely N-dealkylation sites (N-methyl/N-ethyl adjacent to an activating group) is 1. The minimum atomic E-state index is -0.321.